The van der Waals surface area contributed by atoms with Crippen LogP contribution >= 0.6 is 11.8 Å². The second-order valence-electron chi connectivity index (χ2n) is 7.47. The van der Waals surface area contributed by atoms with Gasteiger partial charge in [-0.25, -0.2) is 4.39 Å². The van der Waals surface area contributed by atoms with Crippen molar-refractivity contribution >= 4 is 29.4 Å². The number of aromatic nitrogens is 3. The lowest BCUT2D eigenvalue weighted by Gasteiger charge is -2.18. The molecule has 3 aromatic rings. The third-order valence-corrected chi connectivity index (χ3v) is 5.95. The zero-order valence-corrected chi connectivity index (χ0v) is 19.0. The zero-order valence-electron chi connectivity index (χ0n) is 18.2. The van der Waals surface area contributed by atoms with Crippen molar-refractivity contribution in [1.82, 2.24) is 20.3 Å². The van der Waals surface area contributed by atoms with Crippen LogP contribution in [0.5, 0.6) is 0 Å². The molecule has 0 saturated carbocycles. The van der Waals surface area contributed by atoms with Crippen LogP contribution in [0, 0.1) is 12.7 Å². The Morgan fingerprint density at radius 3 is 2.84 bits per heavy atom. The minimum atomic E-state index is -0.407. The van der Waals surface area contributed by atoms with Crippen LogP contribution in [0.3, 0.4) is 0 Å². The highest BCUT2D eigenvalue weighted by Crippen LogP contribution is 2.19. The number of aryl methyl sites for hydroxylation is 2. The van der Waals surface area contributed by atoms with Gasteiger partial charge in [-0.05, 0) is 44.9 Å². The van der Waals surface area contributed by atoms with Crippen molar-refractivity contribution in [3.8, 4) is 11.3 Å². The molecule has 3 rings (SSSR count). The standard InChI is InChI=1S/C22H26FN5O3S/c1-14-10-20(27-31-14)24-22(30)15(2)32-13-21(29)28(3)9-5-8-18-12-19(26-25-18)16-6-4-7-17(23)11-16/h4,6-7,10-12,15H,5,8-9,13H2,1-3H3,(H,25,26)(H,24,27,30). The van der Waals surface area contributed by atoms with E-state index in [2.05, 4.69) is 20.7 Å². The van der Waals surface area contributed by atoms with Crippen molar-refractivity contribution in [3.05, 3.63) is 53.7 Å². The van der Waals surface area contributed by atoms with Gasteiger partial charge >= 0.3 is 0 Å². The molecule has 1 aromatic carbocycles. The minimum Gasteiger partial charge on any atom is -0.360 e. The van der Waals surface area contributed by atoms with Crippen molar-refractivity contribution in [1.29, 1.82) is 0 Å². The van der Waals surface area contributed by atoms with Gasteiger partial charge < -0.3 is 14.7 Å². The monoisotopic (exact) mass is 459 g/mol. The molecule has 1 atom stereocenters. The van der Waals surface area contributed by atoms with E-state index in [1.807, 2.05) is 6.07 Å². The molecule has 0 aliphatic heterocycles. The molecule has 10 heteroatoms. The van der Waals surface area contributed by atoms with Crippen LogP contribution in [0.4, 0.5) is 10.2 Å². The Bertz CT molecular complexity index is 1070. The summed E-state index contributed by atoms with van der Waals surface area (Å²) in [5.74, 6) is 0.603. The molecule has 2 heterocycles. The number of nitrogens with one attached hydrogen (secondary N) is 2. The number of carbonyl (C=O) groups excluding carboxylic acids is 2. The number of H-pyrrole nitrogens is 1. The van der Waals surface area contributed by atoms with Crippen molar-refractivity contribution in [3.63, 3.8) is 0 Å². The maximum absolute atomic E-state index is 13.4. The number of amides is 2. The Hall–Kier alpha value is -3.14. The van der Waals surface area contributed by atoms with Crippen molar-refractivity contribution in [2.24, 2.45) is 0 Å². The lowest BCUT2D eigenvalue weighted by atomic mass is 10.1. The number of anilines is 1. The Morgan fingerprint density at radius 2 is 2.12 bits per heavy atom. The number of benzene rings is 1. The van der Waals surface area contributed by atoms with Gasteiger partial charge in [-0.15, -0.1) is 11.8 Å². The van der Waals surface area contributed by atoms with Crippen LogP contribution in [0.1, 0.15) is 24.8 Å². The van der Waals surface area contributed by atoms with E-state index in [-0.39, 0.29) is 23.4 Å². The largest absolute Gasteiger partial charge is 0.360 e. The second-order valence-corrected chi connectivity index (χ2v) is 8.80. The molecule has 0 aliphatic carbocycles. The molecule has 2 N–H and O–H groups in total. The topological polar surface area (TPSA) is 104 Å². The Balaban J connectivity index is 1.38. The number of hydrogen-bond acceptors (Lipinski definition) is 6. The van der Waals surface area contributed by atoms with E-state index in [0.717, 1.165) is 12.1 Å². The third kappa shape index (κ3) is 6.68. The normalized spacial score (nSPS) is 11.9. The van der Waals surface area contributed by atoms with E-state index in [1.165, 1.54) is 23.9 Å². The molecule has 2 amide bonds. The molecule has 170 valence electrons. The molecule has 0 fully saturated rings. The summed E-state index contributed by atoms with van der Waals surface area (Å²) < 4.78 is 18.3. The van der Waals surface area contributed by atoms with E-state index >= 15 is 0 Å². The van der Waals surface area contributed by atoms with Crippen molar-refractivity contribution in [2.45, 2.75) is 31.9 Å². The van der Waals surface area contributed by atoms with Gasteiger partial charge in [0, 0.05) is 30.9 Å². The Morgan fingerprint density at radius 1 is 1.31 bits per heavy atom. The highest BCUT2D eigenvalue weighted by atomic mass is 32.2. The van der Waals surface area contributed by atoms with Crippen LogP contribution in [-0.2, 0) is 16.0 Å². The van der Waals surface area contributed by atoms with Gasteiger partial charge in [-0.1, -0.05) is 17.3 Å². The maximum atomic E-state index is 13.4. The van der Waals surface area contributed by atoms with Crippen LogP contribution in [0.2, 0.25) is 0 Å². The van der Waals surface area contributed by atoms with E-state index in [0.29, 0.717) is 35.8 Å². The number of halogens is 1. The van der Waals surface area contributed by atoms with Crippen molar-refractivity contribution in [2.75, 3.05) is 24.7 Å². The Kier molecular flexibility index (Phi) is 8.04. The predicted octanol–water partition coefficient (Wildman–Crippen LogP) is 3.66. The molecule has 0 radical (unpaired) electrons. The molecule has 0 aliphatic rings. The van der Waals surface area contributed by atoms with Gasteiger partial charge in [0.15, 0.2) is 5.82 Å². The van der Waals surface area contributed by atoms with E-state index in [4.69, 9.17) is 4.52 Å². The summed E-state index contributed by atoms with van der Waals surface area (Å²) in [5, 5.41) is 13.2. The quantitative estimate of drug-likeness (QED) is 0.480. The summed E-state index contributed by atoms with van der Waals surface area (Å²) in [7, 11) is 1.75. The highest BCUT2D eigenvalue weighted by molar-refractivity contribution is 8.01. The third-order valence-electron chi connectivity index (χ3n) is 4.82. The fourth-order valence-electron chi connectivity index (χ4n) is 2.95. The molecular formula is C22H26FN5O3S. The summed E-state index contributed by atoms with van der Waals surface area (Å²) in [6, 6.07) is 9.82. The fraction of sp³-hybridized carbons (Fsp3) is 0.364. The molecule has 8 nitrogen and oxygen atoms in total. The van der Waals surface area contributed by atoms with E-state index in [1.54, 1.807) is 44.0 Å². The van der Waals surface area contributed by atoms with Gasteiger partial charge in [0.2, 0.25) is 11.8 Å². The number of carbonyl (C=O) groups is 2. The second kappa shape index (κ2) is 10.9. The lowest BCUT2D eigenvalue weighted by molar-refractivity contribution is -0.127. The van der Waals surface area contributed by atoms with Gasteiger partial charge in [0.1, 0.15) is 11.6 Å². The first-order valence-corrected chi connectivity index (χ1v) is 11.3. The molecule has 2 aromatic heterocycles. The first kappa shape index (κ1) is 23.5. The van der Waals surface area contributed by atoms with Gasteiger partial charge in [0.05, 0.1) is 16.7 Å². The Labute approximate surface area is 189 Å². The van der Waals surface area contributed by atoms with Crippen molar-refractivity contribution < 1.29 is 18.5 Å². The first-order chi connectivity index (χ1) is 15.3. The number of aromatic amines is 1. The predicted molar refractivity (Wildman–Crippen MR) is 122 cm³/mol. The molecule has 0 saturated heterocycles. The minimum absolute atomic E-state index is 0.0445. The molecule has 32 heavy (non-hydrogen) atoms. The molecule has 0 spiro atoms. The van der Waals surface area contributed by atoms with Crippen LogP contribution < -0.4 is 5.32 Å². The number of thioether (sulfide) groups is 1. The van der Waals surface area contributed by atoms with Gasteiger partial charge in [0.25, 0.3) is 0 Å². The SMILES string of the molecule is Cc1cc(NC(=O)C(C)SCC(=O)N(C)CCCc2cc(-c3cccc(F)c3)n[nH]2)no1. The summed E-state index contributed by atoms with van der Waals surface area (Å²) >= 11 is 1.27. The highest BCUT2D eigenvalue weighted by Gasteiger charge is 2.18. The van der Waals surface area contributed by atoms with Crippen LogP contribution in [0.25, 0.3) is 11.3 Å². The average Bonchev–Trinajstić information content (AvgIpc) is 3.40. The van der Waals surface area contributed by atoms with Crippen LogP contribution in [-0.4, -0.2) is 56.7 Å². The smallest absolute Gasteiger partial charge is 0.238 e. The molecule has 0 bridgehead atoms. The zero-order chi connectivity index (χ0) is 23.1. The molecule has 1 unspecified atom stereocenters. The summed E-state index contributed by atoms with van der Waals surface area (Å²) in [6.45, 7) is 4.06. The molecular weight excluding hydrogens is 433 g/mol. The van der Waals surface area contributed by atoms with E-state index in [9.17, 15) is 14.0 Å². The number of nitrogens with zero attached hydrogens (tertiary/aromatic N) is 3. The van der Waals surface area contributed by atoms with Gasteiger partial charge in [-0.3, -0.25) is 14.7 Å². The first-order valence-electron chi connectivity index (χ1n) is 10.2. The van der Waals surface area contributed by atoms with Crippen LogP contribution in [0.15, 0.2) is 40.9 Å². The van der Waals surface area contributed by atoms with Gasteiger partial charge in [-0.2, -0.15) is 5.10 Å². The fourth-order valence-corrected chi connectivity index (χ4v) is 3.78. The lowest BCUT2D eigenvalue weighted by Crippen LogP contribution is -2.31. The summed E-state index contributed by atoms with van der Waals surface area (Å²) in [4.78, 5) is 26.2. The maximum Gasteiger partial charge on any atom is 0.238 e. The number of hydrogen-bond donors (Lipinski definition) is 2. The number of rotatable bonds is 10. The summed E-state index contributed by atoms with van der Waals surface area (Å²) in [6.07, 6.45) is 1.46. The van der Waals surface area contributed by atoms with E-state index < -0.39 is 5.25 Å². The summed E-state index contributed by atoms with van der Waals surface area (Å²) in [5.41, 5.74) is 2.33. The average molecular weight is 460 g/mol.